The molecule has 10 heteroatoms. The number of anilines is 1. The lowest BCUT2D eigenvalue weighted by Crippen LogP contribution is -2.48. The molecule has 2 aromatic heterocycles. The molecule has 144 valence electrons. The van der Waals surface area contributed by atoms with E-state index >= 15 is 0 Å². The smallest absolute Gasteiger partial charge is 0.340 e. The molecule has 0 spiro atoms. The van der Waals surface area contributed by atoms with E-state index in [1.165, 1.54) is 16.8 Å². The van der Waals surface area contributed by atoms with Gasteiger partial charge in [-0.2, -0.15) is 14.7 Å². The van der Waals surface area contributed by atoms with Crippen LogP contribution in [0, 0.1) is 18.3 Å². The minimum absolute atomic E-state index is 0.266. The Labute approximate surface area is 157 Å². The number of hydrogen-bond acceptors (Lipinski definition) is 7. The Hall–Kier alpha value is -2.64. The molecular weight excluding hydrogens is 370 g/mol. The zero-order chi connectivity index (χ0) is 19.8. The van der Waals surface area contributed by atoms with E-state index in [0.717, 1.165) is 0 Å². The second-order valence-corrected chi connectivity index (χ2v) is 8.33. The number of nitrogens with zero attached hydrogens (tertiary/aromatic N) is 5. The first kappa shape index (κ1) is 19.1. The van der Waals surface area contributed by atoms with Crippen LogP contribution in [-0.4, -0.2) is 67.3 Å². The van der Waals surface area contributed by atoms with Gasteiger partial charge in [0.25, 0.3) is 0 Å². The first-order chi connectivity index (χ1) is 12.8. The maximum atomic E-state index is 12.2. The number of esters is 1. The van der Waals surface area contributed by atoms with Gasteiger partial charge < -0.3 is 9.64 Å². The van der Waals surface area contributed by atoms with Gasteiger partial charge in [0, 0.05) is 32.4 Å². The van der Waals surface area contributed by atoms with Crippen molar-refractivity contribution in [2.45, 2.75) is 13.8 Å². The lowest BCUT2D eigenvalue weighted by Gasteiger charge is -2.35. The highest BCUT2D eigenvalue weighted by atomic mass is 32.2. The molecule has 1 fully saturated rings. The number of aryl methyl sites for hydroxylation is 1. The lowest BCUT2D eigenvalue weighted by atomic mass is 10.1. The molecule has 3 heterocycles. The average molecular weight is 391 g/mol. The molecule has 9 nitrogen and oxygen atoms in total. The standard InChI is InChI=1S/C17H21N5O4S/c1-4-26-17(23)14-11-22-15(12(14)2)16(13(9-18)10-19-22)20-5-7-21(8-6-20)27(3,24)25/h10-11H,4-8H2,1-3H3. The summed E-state index contributed by atoms with van der Waals surface area (Å²) in [6, 6.07) is 2.15. The van der Waals surface area contributed by atoms with Crippen molar-refractivity contribution in [2.24, 2.45) is 0 Å². The average Bonchev–Trinajstić information content (AvgIpc) is 2.97. The number of nitriles is 1. The van der Waals surface area contributed by atoms with Crippen molar-refractivity contribution >= 4 is 27.2 Å². The highest BCUT2D eigenvalue weighted by molar-refractivity contribution is 7.88. The third-order valence-electron chi connectivity index (χ3n) is 4.67. The number of hydrogen-bond donors (Lipinski definition) is 0. The van der Waals surface area contributed by atoms with Crippen molar-refractivity contribution in [3.05, 3.63) is 29.1 Å². The fraction of sp³-hybridized carbons (Fsp3) is 0.471. The first-order valence-corrected chi connectivity index (χ1v) is 10.4. The van der Waals surface area contributed by atoms with Crippen LogP contribution in [0.3, 0.4) is 0 Å². The summed E-state index contributed by atoms with van der Waals surface area (Å²) in [6.45, 7) is 5.36. The number of carbonyl (C=O) groups excluding carboxylic acids is 1. The molecule has 0 N–H and O–H groups in total. The highest BCUT2D eigenvalue weighted by Crippen LogP contribution is 2.31. The van der Waals surface area contributed by atoms with E-state index in [-0.39, 0.29) is 6.61 Å². The van der Waals surface area contributed by atoms with Crippen molar-refractivity contribution < 1.29 is 17.9 Å². The van der Waals surface area contributed by atoms with Crippen molar-refractivity contribution in [3.63, 3.8) is 0 Å². The quantitative estimate of drug-likeness (QED) is 0.709. The molecule has 1 aliphatic rings. The van der Waals surface area contributed by atoms with Gasteiger partial charge in [-0.1, -0.05) is 0 Å². The van der Waals surface area contributed by atoms with Gasteiger partial charge in [-0.25, -0.2) is 17.7 Å². The van der Waals surface area contributed by atoms with Crippen LogP contribution in [0.4, 0.5) is 5.69 Å². The molecule has 0 aromatic carbocycles. The second-order valence-electron chi connectivity index (χ2n) is 6.35. The minimum Gasteiger partial charge on any atom is -0.462 e. The second kappa shape index (κ2) is 7.17. The van der Waals surface area contributed by atoms with E-state index in [2.05, 4.69) is 11.2 Å². The Morgan fingerprint density at radius 2 is 2.00 bits per heavy atom. The summed E-state index contributed by atoms with van der Waals surface area (Å²) in [5.74, 6) is -0.438. The molecule has 0 amide bonds. The number of ether oxygens (including phenoxy) is 1. The normalized spacial score (nSPS) is 15.7. The molecule has 0 atom stereocenters. The fourth-order valence-corrected chi connectivity index (χ4v) is 4.16. The van der Waals surface area contributed by atoms with Crippen molar-refractivity contribution in [1.29, 1.82) is 5.26 Å². The first-order valence-electron chi connectivity index (χ1n) is 8.56. The predicted molar refractivity (Wildman–Crippen MR) is 99.2 cm³/mol. The minimum atomic E-state index is -3.25. The summed E-state index contributed by atoms with van der Waals surface area (Å²) >= 11 is 0. The van der Waals surface area contributed by atoms with Gasteiger partial charge in [0.05, 0.1) is 41.4 Å². The Morgan fingerprint density at radius 3 is 2.56 bits per heavy atom. The number of rotatable bonds is 4. The van der Waals surface area contributed by atoms with E-state index in [0.29, 0.717) is 54.1 Å². The van der Waals surface area contributed by atoms with Gasteiger partial charge in [0.15, 0.2) is 0 Å². The highest BCUT2D eigenvalue weighted by Gasteiger charge is 2.28. The predicted octanol–water partition coefficient (Wildman–Crippen LogP) is 0.773. The van der Waals surface area contributed by atoms with Crippen LogP contribution in [0.15, 0.2) is 12.4 Å². The SMILES string of the molecule is CCOC(=O)c1cn2ncc(C#N)c(N3CCN(S(C)(=O)=O)CC3)c2c1C. The molecule has 2 aromatic rings. The number of fused-ring (bicyclic) bond motifs is 1. The van der Waals surface area contributed by atoms with Crippen LogP contribution in [0.25, 0.3) is 5.52 Å². The van der Waals surface area contributed by atoms with Gasteiger partial charge in [-0.05, 0) is 19.4 Å². The van der Waals surface area contributed by atoms with E-state index in [9.17, 15) is 18.5 Å². The summed E-state index contributed by atoms with van der Waals surface area (Å²) < 4.78 is 31.6. The summed E-state index contributed by atoms with van der Waals surface area (Å²) in [5, 5.41) is 13.8. The van der Waals surface area contributed by atoms with Crippen LogP contribution in [-0.2, 0) is 14.8 Å². The molecule has 3 rings (SSSR count). The summed E-state index contributed by atoms with van der Waals surface area (Å²) in [6.07, 6.45) is 4.25. The molecule has 1 saturated heterocycles. The van der Waals surface area contributed by atoms with E-state index in [1.807, 2.05) is 4.90 Å². The monoisotopic (exact) mass is 391 g/mol. The zero-order valence-corrected chi connectivity index (χ0v) is 16.3. The molecule has 1 aliphatic heterocycles. The van der Waals surface area contributed by atoms with Crippen LogP contribution in [0.5, 0.6) is 0 Å². The Morgan fingerprint density at radius 1 is 1.33 bits per heavy atom. The molecule has 27 heavy (non-hydrogen) atoms. The zero-order valence-electron chi connectivity index (χ0n) is 15.5. The van der Waals surface area contributed by atoms with Crippen molar-refractivity contribution in [1.82, 2.24) is 13.9 Å². The maximum absolute atomic E-state index is 12.2. The van der Waals surface area contributed by atoms with Gasteiger partial charge >= 0.3 is 5.97 Å². The van der Waals surface area contributed by atoms with E-state index in [1.54, 1.807) is 24.6 Å². The molecule has 0 aliphatic carbocycles. The Bertz CT molecular complexity index is 1030. The summed E-state index contributed by atoms with van der Waals surface area (Å²) in [4.78, 5) is 14.2. The van der Waals surface area contributed by atoms with Gasteiger partial charge in [0.2, 0.25) is 10.0 Å². The lowest BCUT2D eigenvalue weighted by molar-refractivity contribution is 0.0525. The number of aromatic nitrogens is 2. The van der Waals surface area contributed by atoms with Gasteiger partial charge in [-0.3, -0.25) is 0 Å². The summed E-state index contributed by atoms with van der Waals surface area (Å²) in [7, 11) is -3.25. The van der Waals surface area contributed by atoms with Gasteiger partial charge in [0.1, 0.15) is 6.07 Å². The number of carbonyl (C=O) groups is 1. The van der Waals surface area contributed by atoms with Crippen molar-refractivity contribution in [2.75, 3.05) is 43.9 Å². The van der Waals surface area contributed by atoms with E-state index in [4.69, 9.17) is 4.74 Å². The number of piperazine rings is 1. The molecule has 0 unspecified atom stereocenters. The Balaban J connectivity index is 2.07. The van der Waals surface area contributed by atoms with Crippen LogP contribution < -0.4 is 4.90 Å². The van der Waals surface area contributed by atoms with Crippen molar-refractivity contribution in [3.8, 4) is 6.07 Å². The Kier molecular flexibility index (Phi) is 5.08. The summed E-state index contributed by atoms with van der Waals surface area (Å²) in [5.41, 5.74) is 2.78. The largest absolute Gasteiger partial charge is 0.462 e. The van der Waals surface area contributed by atoms with Gasteiger partial charge in [-0.15, -0.1) is 0 Å². The van der Waals surface area contributed by atoms with Crippen LogP contribution in [0.1, 0.15) is 28.4 Å². The molecule has 0 radical (unpaired) electrons. The molecule has 0 saturated carbocycles. The molecule has 0 bridgehead atoms. The topological polar surface area (TPSA) is 108 Å². The fourth-order valence-electron chi connectivity index (χ4n) is 3.33. The van der Waals surface area contributed by atoms with Crippen LogP contribution >= 0.6 is 0 Å². The maximum Gasteiger partial charge on any atom is 0.340 e. The molecular formula is C17H21N5O4S. The van der Waals surface area contributed by atoms with E-state index < -0.39 is 16.0 Å². The van der Waals surface area contributed by atoms with Crippen LogP contribution in [0.2, 0.25) is 0 Å². The third kappa shape index (κ3) is 3.48. The third-order valence-corrected chi connectivity index (χ3v) is 5.97. The number of sulfonamides is 1.